The van der Waals surface area contributed by atoms with Gasteiger partial charge in [0.15, 0.2) is 6.10 Å². The van der Waals surface area contributed by atoms with Gasteiger partial charge in [-0.1, -0.05) is 173 Å². The summed E-state index contributed by atoms with van der Waals surface area (Å²) in [4.78, 5) is 34.7. The number of carbonyl (C=O) groups excluding carboxylic acids is 2. The van der Waals surface area contributed by atoms with Crippen molar-refractivity contribution in [2.75, 3.05) is 26.4 Å². The molecule has 0 heterocycles. The van der Waals surface area contributed by atoms with Crippen LogP contribution in [0.4, 0.5) is 0 Å². The standard InChI is InChI=1S/C42H77O10P/c1-3-5-7-9-11-13-15-17-19-21-23-25-27-29-31-33-41(45)49-37-40(38-51-53(47,48)50-36-39(44)35-43)52-42(46)34-32-30-28-26-24-22-20-18-16-14-12-10-8-6-4-2/h27-30,32,34,39-40,43-44H,3-26,31,33,35-38H2,1-2H3,(H,47,48)/b29-27+,30-28+,34-32+/t39-,40+/m0/s1. The molecule has 1 unspecified atom stereocenters. The summed E-state index contributed by atoms with van der Waals surface area (Å²) in [6.45, 7) is 2.22. The zero-order valence-electron chi connectivity index (χ0n) is 33.5. The molecule has 10 nitrogen and oxygen atoms in total. The summed E-state index contributed by atoms with van der Waals surface area (Å²) >= 11 is 0. The number of ether oxygens (including phenoxy) is 2. The first-order chi connectivity index (χ1) is 25.7. The Morgan fingerprint density at radius 1 is 0.604 bits per heavy atom. The highest BCUT2D eigenvalue weighted by molar-refractivity contribution is 7.47. The highest BCUT2D eigenvalue weighted by Crippen LogP contribution is 2.43. The van der Waals surface area contributed by atoms with Gasteiger partial charge in [0.2, 0.25) is 0 Å². The van der Waals surface area contributed by atoms with Crippen molar-refractivity contribution in [1.29, 1.82) is 0 Å². The van der Waals surface area contributed by atoms with Gasteiger partial charge in [-0.2, -0.15) is 0 Å². The number of allylic oxidation sites excluding steroid dienone is 5. The second-order valence-electron chi connectivity index (χ2n) is 14.1. The molecule has 0 aliphatic carbocycles. The molecule has 0 aliphatic heterocycles. The first kappa shape index (κ1) is 51.2. The third-order valence-corrected chi connectivity index (χ3v) is 9.84. The second kappa shape index (κ2) is 38.5. The number of hydrogen-bond donors (Lipinski definition) is 3. The summed E-state index contributed by atoms with van der Waals surface area (Å²) in [6, 6.07) is 0. The lowest BCUT2D eigenvalue weighted by Crippen LogP contribution is -2.29. The SMILES string of the molecule is CCCCCCCCCCCCC/C=C/C=C/C(=O)O[C@H](COC(=O)CC/C=C/CCCCCCCCCCCCC)COP(=O)(O)OC[C@@H](O)CO. The van der Waals surface area contributed by atoms with Gasteiger partial charge < -0.3 is 24.6 Å². The molecule has 0 bridgehead atoms. The lowest BCUT2D eigenvalue weighted by atomic mass is 10.1. The molecule has 310 valence electrons. The molecule has 11 heteroatoms. The van der Waals surface area contributed by atoms with Crippen molar-refractivity contribution in [3.8, 4) is 0 Å². The Bertz CT molecular complexity index is 983. The van der Waals surface area contributed by atoms with E-state index >= 15 is 0 Å². The molecule has 0 fully saturated rings. The molecule has 0 aliphatic rings. The number of unbranched alkanes of at least 4 members (excludes halogenated alkanes) is 22. The van der Waals surface area contributed by atoms with E-state index in [4.69, 9.17) is 19.1 Å². The summed E-state index contributed by atoms with van der Waals surface area (Å²) in [7, 11) is -4.65. The number of carbonyl (C=O) groups is 2. The van der Waals surface area contributed by atoms with Crippen LogP contribution in [0.5, 0.6) is 0 Å². The fourth-order valence-corrected chi connectivity index (χ4v) is 6.41. The van der Waals surface area contributed by atoms with Crippen molar-refractivity contribution in [2.24, 2.45) is 0 Å². The molecule has 3 atom stereocenters. The van der Waals surface area contributed by atoms with E-state index in [1.807, 2.05) is 12.2 Å². The monoisotopic (exact) mass is 773 g/mol. The fourth-order valence-electron chi connectivity index (χ4n) is 5.62. The Labute approximate surface area is 322 Å². The maximum Gasteiger partial charge on any atom is 0.472 e. The van der Waals surface area contributed by atoms with E-state index in [0.29, 0.717) is 6.42 Å². The van der Waals surface area contributed by atoms with Gasteiger partial charge in [-0.05, 0) is 32.1 Å². The Morgan fingerprint density at radius 3 is 1.57 bits per heavy atom. The van der Waals surface area contributed by atoms with Crippen LogP contribution in [0, 0.1) is 0 Å². The first-order valence-electron chi connectivity index (χ1n) is 21.0. The number of hydrogen-bond acceptors (Lipinski definition) is 9. The molecule has 0 spiro atoms. The van der Waals surface area contributed by atoms with E-state index in [2.05, 4.69) is 24.4 Å². The van der Waals surface area contributed by atoms with Crippen LogP contribution in [-0.2, 0) is 32.7 Å². The van der Waals surface area contributed by atoms with Crippen LogP contribution < -0.4 is 0 Å². The Kier molecular flexibility index (Phi) is 37.2. The van der Waals surface area contributed by atoms with Gasteiger partial charge in [0.25, 0.3) is 0 Å². The predicted octanol–water partition coefficient (Wildman–Crippen LogP) is 10.8. The van der Waals surface area contributed by atoms with E-state index in [1.165, 1.54) is 134 Å². The van der Waals surface area contributed by atoms with E-state index in [-0.39, 0.29) is 13.0 Å². The minimum absolute atomic E-state index is 0.140. The van der Waals surface area contributed by atoms with Crippen LogP contribution in [0.2, 0.25) is 0 Å². The van der Waals surface area contributed by atoms with Gasteiger partial charge in [0.05, 0.1) is 19.8 Å². The molecule has 0 aromatic carbocycles. The predicted molar refractivity (Wildman–Crippen MR) is 214 cm³/mol. The van der Waals surface area contributed by atoms with Gasteiger partial charge >= 0.3 is 19.8 Å². The highest BCUT2D eigenvalue weighted by atomic mass is 31.2. The van der Waals surface area contributed by atoms with E-state index in [0.717, 1.165) is 25.7 Å². The number of esters is 2. The molecular formula is C42H77O10P. The fraction of sp³-hybridized carbons (Fsp3) is 0.810. The average Bonchev–Trinajstić information content (AvgIpc) is 3.14. The smallest absolute Gasteiger partial charge is 0.462 e. The van der Waals surface area contributed by atoms with Crippen LogP contribution in [-0.4, -0.2) is 65.7 Å². The maximum atomic E-state index is 12.5. The largest absolute Gasteiger partial charge is 0.472 e. The number of aliphatic hydroxyl groups excluding tert-OH is 2. The summed E-state index contributed by atoms with van der Waals surface area (Å²) in [5, 5.41) is 18.3. The van der Waals surface area contributed by atoms with E-state index in [9.17, 15) is 24.2 Å². The number of rotatable bonds is 39. The molecule has 0 aromatic heterocycles. The van der Waals surface area contributed by atoms with Crippen molar-refractivity contribution < 1.29 is 47.8 Å². The van der Waals surface area contributed by atoms with Gasteiger partial charge in [0, 0.05) is 12.5 Å². The zero-order valence-corrected chi connectivity index (χ0v) is 34.4. The minimum Gasteiger partial charge on any atom is -0.462 e. The van der Waals surface area contributed by atoms with E-state index < -0.39 is 51.8 Å². The molecule has 3 N–H and O–H groups in total. The Hall–Kier alpha value is -1.81. The van der Waals surface area contributed by atoms with Crippen LogP contribution in [0.25, 0.3) is 0 Å². The van der Waals surface area contributed by atoms with Crippen molar-refractivity contribution in [2.45, 2.75) is 193 Å². The Morgan fingerprint density at radius 2 is 1.06 bits per heavy atom. The number of aliphatic hydroxyl groups is 2. The number of phosphoric acid groups is 1. The number of phosphoric ester groups is 1. The van der Waals surface area contributed by atoms with Gasteiger partial charge in [-0.25, -0.2) is 9.36 Å². The summed E-state index contributed by atoms with van der Waals surface area (Å²) in [5.74, 6) is -1.23. The van der Waals surface area contributed by atoms with Gasteiger partial charge in [0.1, 0.15) is 12.7 Å². The molecule has 0 radical (unpaired) electrons. The molecule has 53 heavy (non-hydrogen) atoms. The maximum absolute atomic E-state index is 12.5. The molecule has 0 amide bonds. The van der Waals surface area contributed by atoms with Crippen molar-refractivity contribution >= 4 is 19.8 Å². The normalized spacial score (nSPS) is 14.3. The zero-order chi connectivity index (χ0) is 39.1. The third kappa shape index (κ3) is 38.3. The summed E-state index contributed by atoms with van der Waals surface area (Å²) < 4.78 is 32.4. The van der Waals surface area contributed by atoms with Gasteiger partial charge in [-0.3, -0.25) is 13.8 Å². The minimum atomic E-state index is -4.65. The van der Waals surface area contributed by atoms with Crippen molar-refractivity contribution in [3.05, 3.63) is 36.5 Å². The molecule has 0 saturated heterocycles. The summed E-state index contributed by atoms with van der Waals surface area (Å²) in [5.41, 5.74) is 0. The molecule has 0 rings (SSSR count). The van der Waals surface area contributed by atoms with Crippen LogP contribution in [0.15, 0.2) is 36.5 Å². The Balaban J connectivity index is 4.45. The molecule has 0 saturated carbocycles. The second-order valence-corrected chi connectivity index (χ2v) is 15.5. The topological polar surface area (TPSA) is 149 Å². The lowest BCUT2D eigenvalue weighted by Gasteiger charge is -2.19. The van der Waals surface area contributed by atoms with Gasteiger partial charge in [-0.15, -0.1) is 0 Å². The average molecular weight is 773 g/mol. The van der Waals surface area contributed by atoms with E-state index in [1.54, 1.807) is 12.2 Å². The lowest BCUT2D eigenvalue weighted by molar-refractivity contribution is -0.157. The van der Waals surface area contributed by atoms with Crippen molar-refractivity contribution in [1.82, 2.24) is 0 Å². The first-order valence-corrected chi connectivity index (χ1v) is 22.5. The molecule has 0 aromatic rings. The van der Waals surface area contributed by atoms with Crippen LogP contribution in [0.3, 0.4) is 0 Å². The van der Waals surface area contributed by atoms with Crippen molar-refractivity contribution in [3.63, 3.8) is 0 Å². The quantitative estimate of drug-likeness (QED) is 0.0138. The third-order valence-electron chi connectivity index (χ3n) is 8.89. The van der Waals surface area contributed by atoms with Crippen LogP contribution in [0.1, 0.15) is 181 Å². The molecular weight excluding hydrogens is 695 g/mol. The highest BCUT2D eigenvalue weighted by Gasteiger charge is 2.26. The van der Waals surface area contributed by atoms with Crippen LogP contribution >= 0.6 is 7.82 Å². The summed E-state index contributed by atoms with van der Waals surface area (Å²) in [6.07, 6.45) is 39.0.